The Morgan fingerprint density at radius 2 is 1.60 bits per heavy atom. The number of carbonyl (C=O) groups excluding carboxylic acids is 1. The van der Waals surface area contributed by atoms with E-state index in [0.717, 1.165) is 55.7 Å². The SMILES string of the molecule is Cc1cc2ncn(CC3CCN(C(=O)C45CC6CC(CC(C6)C4)C5)CC3)c2cc1C. The van der Waals surface area contributed by atoms with E-state index in [4.69, 9.17) is 0 Å². The van der Waals surface area contributed by atoms with Gasteiger partial charge in [0.05, 0.1) is 22.8 Å². The van der Waals surface area contributed by atoms with E-state index in [1.54, 1.807) is 0 Å². The molecular weight excluding hydrogens is 370 g/mol. The lowest BCUT2D eigenvalue weighted by Crippen LogP contribution is -2.55. The number of nitrogens with zero attached hydrogens (tertiary/aromatic N) is 3. The predicted molar refractivity (Wildman–Crippen MR) is 119 cm³/mol. The molecule has 0 atom stereocenters. The summed E-state index contributed by atoms with van der Waals surface area (Å²) in [6.45, 7) is 7.27. The maximum atomic E-state index is 13.6. The molecule has 4 nitrogen and oxygen atoms in total. The van der Waals surface area contributed by atoms with Crippen LogP contribution in [0, 0.1) is 42.9 Å². The highest BCUT2D eigenvalue weighted by molar-refractivity contribution is 5.83. The molecule has 7 rings (SSSR count). The van der Waals surface area contributed by atoms with Gasteiger partial charge in [-0.05, 0) is 112 Å². The molecular formula is C26H35N3O. The maximum absolute atomic E-state index is 13.6. The largest absolute Gasteiger partial charge is 0.342 e. The molecule has 1 amide bonds. The van der Waals surface area contributed by atoms with Crippen LogP contribution in [-0.2, 0) is 11.3 Å². The molecule has 1 saturated heterocycles. The standard InChI is InChI=1S/C26H35N3O/c1-17-7-23-24(8-18(17)2)29(16-27-23)15-19-3-5-28(6-4-19)25(30)26-12-20-9-21(13-26)11-22(10-20)14-26/h7-8,16,19-22H,3-6,9-15H2,1-2H3. The van der Waals surface area contributed by atoms with Crippen LogP contribution in [0.2, 0.25) is 0 Å². The molecule has 1 aromatic carbocycles. The van der Waals surface area contributed by atoms with Crippen molar-refractivity contribution in [1.82, 2.24) is 14.5 Å². The first kappa shape index (κ1) is 18.9. The van der Waals surface area contributed by atoms with E-state index < -0.39 is 0 Å². The summed E-state index contributed by atoms with van der Waals surface area (Å²) in [6.07, 6.45) is 12.1. The molecule has 2 heterocycles. The fourth-order valence-corrected chi connectivity index (χ4v) is 7.76. The van der Waals surface area contributed by atoms with Gasteiger partial charge in [-0.25, -0.2) is 4.98 Å². The van der Waals surface area contributed by atoms with Gasteiger partial charge in [0.25, 0.3) is 0 Å². The summed E-state index contributed by atoms with van der Waals surface area (Å²) in [7, 11) is 0. The van der Waals surface area contributed by atoms with Crippen LogP contribution >= 0.6 is 0 Å². The van der Waals surface area contributed by atoms with Crippen LogP contribution in [-0.4, -0.2) is 33.4 Å². The first-order valence-electron chi connectivity index (χ1n) is 12.2. The number of hydrogen-bond donors (Lipinski definition) is 0. The minimum atomic E-state index is 0.0253. The average molecular weight is 406 g/mol. The zero-order chi connectivity index (χ0) is 20.5. The highest BCUT2D eigenvalue weighted by atomic mass is 16.2. The van der Waals surface area contributed by atoms with Gasteiger partial charge in [0.2, 0.25) is 5.91 Å². The number of imidazole rings is 1. The second-order valence-corrected chi connectivity index (χ2v) is 11.3. The molecule has 0 unspecified atom stereocenters. The predicted octanol–water partition coefficient (Wildman–Crippen LogP) is 5.11. The van der Waals surface area contributed by atoms with Gasteiger partial charge >= 0.3 is 0 Å². The smallest absolute Gasteiger partial charge is 0.228 e. The molecule has 0 spiro atoms. The molecule has 4 saturated carbocycles. The number of likely N-dealkylation sites (tertiary alicyclic amines) is 1. The van der Waals surface area contributed by atoms with Gasteiger partial charge in [-0.15, -0.1) is 0 Å². The number of rotatable bonds is 3. The third-order valence-electron chi connectivity index (χ3n) is 9.09. The van der Waals surface area contributed by atoms with E-state index in [0.29, 0.717) is 11.8 Å². The van der Waals surface area contributed by atoms with E-state index in [9.17, 15) is 4.79 Å². The Morgan fingerprint density at radius 1 is 1.00 bits per heavy atom. The van der Waals surface area contributed by atoms with Crippen LogP contribution in [0.1, 0.15) is 62.5 Å². The van der Waals surface area contributed by atoms with Crippen molar-refractivity contribution in [2.45, 2.75) is 71.8 Å². The quantitative estimate of drug-likeness (QED) is 0.712. The summed E-state index contributed by atoms with van der Waals surface area (Å²) in [5.74, 6) is 3.71. The average Bonchev–Trinajstić information content (AvgIpc) is 3.09. The molecule has 2 aromatic rings. The minimum Gasteiger partial charge on any atom is -0.342 e. The van der Waals surface area contributed by atoms with Crippen LogP contribution in [0.25, 0.3) is 11.0 Å². The van der Waals surface area contributed by atoms with Crippen LogP contribution in [0.3, 0.4) is 0 Å². The summed E-state index contributed by atoms with van der Waals surface area (Å²) in [6, 6.07) is 4.48. The second-order valence-electron chi connectivity index (χ2n) is 11.3. The fraction of sp³-hybridized carbons (Fsp3) is 0.692. The summed E-state index contributed by atoms with van der Waals surface area (Å²) in [5.41, 5.74) is 5.03. The van der Waals surface area contributed by atoms with E-state index in [1.165, 1.54) is 55.2 Å². The number of fused-ring (bicyclic) bond motifs is 1. The van der Waals surface area contributed by atoms with E-state index >= 15 is 0 Å². The van der Waals surface area contributed by atoms with E-state index in [1.807, 2.05) is 6.33 Å². The lowest BCUT2D eigenvalue weighted by atomic mass is 9.49. The number of aryl methyl sites for hydroxylation is 2. The summed E-state index contributed by atoms with van der Waals surface area (Å²) in [4.78, 5) is 20.5. The molecule has 1 aliphatic heterocycles. The van der Waals surface area contributed by atoms with Crippen molar-refractivity contribution >= 4 is 16.9 Å². The molecule has 5 fully saturated rings. The van der Waals surface area contributed by atoms with E-state index in [-0.39, 0.29) is 5.41 Å². The monoisotopic (exact) mass is 405 g/mol. The fourth-order valence-electron chi connectivity index (χ4n) is 7.76. The molecule has 4 aliphatic carbocycles. The van der Waals surface area contributed by atoms with Crippen LogP contribution in [0.15, 0.2) is 18.5 Å². The normalized spacial score (nSPS) is 33.5. The Balaban J connectivity index is 1.12. The number of benzene rings is 1. The Hall–Kier alpha value is -1.84. The molecule has 4 heteroatoms. The molecule has 0 radical (unpaired) electrons. The highest BCUT2D eigenvalue weighted by Gasteiger charge is 2.55. The second kappa shape index (κ2) is 6.83. The Kier molecular flexibility index (Phi) is 4.30. The molecule has 1 aromatic heterocycles. The van der Waals surface area contributed by atoms with Crippen molar-refractivity contribution < 1.29 is 4.79 Å². The Bertz CT molecular complexity index is 946. The number of piperidine rings is 1. The van der Waals surface area contributed by atoms with Crippen molar-refractivity contribution in [2.75, 3.05) is 13.1 Å². The first-order valence-corrected chi connectivity index (χ1v) is 12.2. The van der Waals surface area contributed by atoms with Gasteiger partial charge in [-0.3, -0.25) is 4.79 Å². The topological polar surface area (TPSA) is 38.1 Å². The van der Waals surface area contributed by atoms with Gasteiger partial charge in [-0.2, -0.15) is 0 Å². The van der Waals surface area contributed by atoms with Crippen LogP contribution in [0.4, 0.5) is 0 Å². The third-order valence-corrected chi connectivity index (χ3v) is 9.09. The van der Waals surface area contributed by atoms with Crippen molar-refractivity contribution in [3.63, 3.8) is 0 Å². The van der Waals surface area contributed by atoms with Crippen molar-refractivity contribution in [2.24, 2.45) is 29.1 Å². The molecule has 0 N–H and O–H groups in total. The number of amides is 1. The molecule has 30 heavy (non-hydrogen) atoms. The lowest BCUT2D eigenvalue weighted by Gasteiger charge is -2.57. The summed E-state index contributed by atoms with van der Waals surface area (Å²) < 4.78 is 2.34. The molecule has 160 valence electrons. The van der Waals surface area contributed by atoms with Gasteiger partial charge < -0.3 is 9.47 Å². The van der Waals surface area contributed by atoms with Crippen LogP contribution in [0.5, 0.6) is 0 Å². The zero-order valence-electron chi connectivity index (χ0n) is 18.6. The molecule has 5 aliphatic rings. The lowest BCUT2D eigenvalue weighted by molar-refractivity contribution is -0.159. The summed E-state index contributed by atoms with van der Waals surface area (Å²) in [5, 5.41) is 0. The van der Waals surface area contributed by atoms with Crippen molar-refractivity contribution in [3.8, 4) is 0 Å². The molecule has 4 bridgehead atoms. The highest BCUT2D eigenvalue weighted by Crippen LogP contribution is 2.60. The number of hydrogen-bond acceptors (Lipinski definition) is 2. The van der Waals surface area contributed by atoms with Gasteiger partial charge in [-0.1, -0.05) is 0 Å². The third kappa shape index (κ3) is 3.01. The zero-order valence-corrected chi connectivity index (χ0v) is 18.6. The van der Waals surface area contributed by atoms with Gasteiger partial charge in [0.1, 0.15) is 0 Å². The Labute approximate surface area is 180 Å². The van der Waals surface area contributed by atoms with Gasteiger partial charge in [0, 0.05) is 19.6 Å². The maximum Gasteiger partial charge on any atom is 0.228 e. The van der Waals surface area contributed by atoms with E-state index in [2.05, 4.69) is 40.4 Å². The van der Waals surface area contributed by atoms with Crippen LogP contribution < -0.4 is 0 Å². The van der Waals surface area contributed by atoms with Crippen molar-refractivity contribution in [1.29, 1.82) is 0 Å². The minimum absolute atomic E-state index is 0.0253. The summed E-state index contributed by atoms with van der Waals surface area (Å²) >= 11 is 0. The number of aromatic nitrogens is 2. The van der Waals surface area contributed by atoms with Crippen molar-refractivity contribution in [3.05, 3.63) is 29.6 Å². The number of carbonyl (C=O) groups is 1. The first-order chi connectivity index (χ1) is 14.5. The van der Waals surface area contributed by atoms with Gasteiger partial charge in [0.15, 0.2) is 0 Å². The Morgan fingerprint density at radius 3 is 2.23 bits per heavy atom.